The molecule has 1 unspecified atom stereocenters. The molecule has 3 nitrogen and oxygen atoms in total. The standard InChI is InChI=1S/C13H23N3S/c1-11(10-17-2)14-9-12-7-8-16(15-12)13-5-3-4-6-13/h7-8,11,13-14H,3-6,9-10H2,1-2H3. The lowest BCUT2D eigenvalue weighted by Crippen LogP contribution is -2.27. The quantitative estimate of drug-likeness (QED) is 0.845. The average Bonchev–Trinajstić information content (AvgIpc) is 2.97. The first-order chi connectivity index (χ1) is 8.29. The molecule has 17 heavy (non-hydrogen) atoms. The van der Waals surface area contributed by atoms with Crippen molar-refractivity contribution in [1.82, 2.24) is 15.1 Å². The minimum Gasteiger partial charge on any atom is -0.308 e. The van der Waals surface area contributed by atoms with Crippen molar-refractivity contribution in [2.45, 2.75) is 51.2 Å². The van der Waals surface area contributed by atoms with Crippen molar-refractivity contribution in [1.29, 1.82) is 0 Å². The molecule has 1 aliphatic carbocycles. The molecule has 1 aromatic rings. The molecular weight excluding hydrogens is 230 g/mol. The predicted octanol–water partition coefficient (Wildman–Crippen LogP) is 2.84. The third kappa shape index (κ3) is 3.75. The summed E-state index contributed by atoms with van der Waals surface area (Å²) in [7, 11) is 0. The molecule has 1 saturated carbocycles. The van der Waals surface area contributed by atoms with E-state index in [0.29, 0.717) is 12.1 Å². The molecule has 1 aliphatic rings. The van der Waals surface area contributed by atoms with Gasteiger partial charge in [0.2, 0.25) is 0 Å². The molecule has 1 atom stereocenters. The van der Waals surface area contributed by atoms with Crippen molar-refractivity contribution in [2.75, 3.05) is 12.0 Å². The summed E-state index contributed by atoms with van der Waals surface area (Å²) in [4.78, 5) is 0. The number of nitrogens with zero attached hydrogens (tertiary/aromatic N) is 2. The summed E-state index contributed by atoms with van der Waals surface area (Å²) in [6.07, 6.45) is 9.62. The summed E-state index contributed by atoms with van der Waals surface area (Å²) in [6.45, 7) is 3.12. The zero-order valence-corrected chi connectivity index (χ0v) is 11.7. The lowest BCUT2D eigenvalue weighted by Gasteiger charge is -2.11. The highest BCUT2D eigenvalue weighted by Gasteiger charge is 2.17. The van der Waals surface area contributed by atoms with E-state index >= 15 is 0 Å². The first-order valence-corrected chi connectivity index (χ1v) is 7.95. The average molecular weight is 253 g/mol. The normalized spacial score (nSPS) is 18.7. The van der Waals surface area contributed by atoms with Gasteiger partial charge in [0.25, 0.3) is 0 Å². The zero-order valence-electron chi connectivity index (χ0n) is 10.9. The molecule has 0 spiro atoms. The van der Waals surface area contributed by atoms with Crippen molar-refractivity contribution in [3.05, 3.63) is 18.0 Å². The Balaban J connectivity index is 1.81. The van der Waals surface area contributed by atoms with Crippen LogP contribution in [0.15, 0.2) is 12.3 Å². The Morgan fingerprint density at radius 2 is 2.29 bits per heavy atom. The fourth-order valence-electron chi connectivity index (χ4n) is 2.43. The van der Waals surface area contributed by atoms with Gasteiger partial charge in [-0.1, -0.05) is 12.8 Å². The Kier molecular flexibility index (Phi) is 4.92. The molecule has 0 radical (unpaired) electrons. The monoisotopic (exact) mass is 253 g/mol. The van der Waals surface area contributed by atoms with Crippen LogP contribution < -0.4 is 5.32 Å². The van der Waals surface area contributed by atoms with Crippen molar-refractivity contribution < 1.29 is 0 Å². The highest BCUT2D eigenvalue weighted by Crippen LogP contribution is 2.28. The van der Waals surface area contributed by atoms with Crippen LogP contribution in [0.4, 0.5) is 0 Å². The Bertz CT molecular complexity index is 331. The summed E-state index contributed by atoms with van der Waals surface area (Å²) >= 11 is 1.88. The minimum atomic E-state index is 0.557. The first-order valence-electron chi connectivity index (χ1n) is 6.56. The van der Waals surface area contributed by atoms with Crippen LogP contribution in [0.2, 0.25) is 0 Å². The van der Waals surface area contributed by atoms with Crippen LogP contribution >= 0.6 is 11.8 Å². The SMILES string of the molecule is CSCC(C)NCc1ccn(C2CCCC2)n1. The van der Waals surface area contributed by atoms with E-state index in [9.17, 15) is 0 Å². The number of hydrogen-bond donors (Lipinski definition) is 1. The Morgan fingerprint density at radius 3 is 3.00 bits per heavy atom. The van der Waals surface area contributed by atoms with Crippen LogP contribution in [0.5, 0.6) is 0 Å². The third-order valence-electron chi connectivity index (χ3n) is 3.41. The molecule has 0 aromatic carbocycles. The highest BCUT2D eigenvalue weighted by atomic mass is 32.2. The predicted molar refractivity (Wildman–Crippen MR) is 74.4 cm³/mol. The Labute approximate surface area is 108 Å². The summed E-state index contributed by atoms with van der Waals surface area (Å²) in [5.41, 5.74) is 1.17. The number of nitrogens with one attached hydrogen (secondary N) is 1. The second-order valence-corrected chi connectivity index (χ2v) is 5.87. The van der Waals surface area contributed by atoms with Gasteiger partial charge < -0.3 is 5.32 Å². The maximum absolute atomic E-state index is 4.67. The molecule has 0 bridgehead atoms. The molecule has 1 aromatic heterocycles. The van der Waals surface area contributed by atoms with E-state index in [4.69, 9.17) is 0 Å². The molecule has 96 valence electrons. The topological polar surface area (TPSA) is 29.9 Å². The molecule has 1 heterocycles. The molecule has 1 N–H and O–H groups in total. The van der Waals surface area contributed by atoms with Crippen molar-refractivity contribution in [2.24, 2.45) is 0 Å². The Morgan fingerprint density at radius 1 is 1.53 bits per heavy atom. The molecule has 1 fully saturated rings. The molecule has 4 heteroatoms. The van der Waals surface area contributed by atoms with Gasteiger partial charge in [0.1, 0.15) is 0 Å². The Hall–Kier alpha value is -0.480. The van der Waals surface area contributed by atoms with Crippen LogP contribution in [0.3, 0.4) is 0 Å². The fraction of sp³-hybridized carbons (Fsp3) is 0.769. The van der Waals surface area contributed by atoms with Crippen LogP contribution in [-0.4, -0.2) is 27.8 Å². The lowest BCUT2D eigenvalue weighted by molar-refractivity contribution is 0.459. The summed E-state index contributed by atoms with van der Waals surface area (Å²) in [5, 5.41) is 8.18. The van der Waals surface area contributed by atoms with Crippen LogP contribution in [-0.2, 0) is 6.54 Å². The summed E-state index contributed by atoms with van der Waals surface area (Å²) < 4.78 is 2.17. The van der Waals surface area contributed by atoms with Crippen LogP contribution in [0.1, 0.15) is 44.3 Å². The van der Waals surface area contributed by atoms with Gasteiger partial charge in [-0.15, -0.1) is 0 Å². The first kappa shape index (κ1) is 13.0. The third-order valence-corrected chi connectivity index (χ3v) is 4.24. The fourth-order valence-corrected chi connectivity index (χ4v) is 3.05. The van der Waals surface area contributed by atoms with Gasteiger partial charge in [-0.05, 0) is 32.1 Å². The van der Waals surface area contributed by atoms with Crippen LogP contribution in [0, 0.1) is 0 Å². The zero-order chi connectivity index (χ0) is 12.1. The second kappa shape index (κ2) is 6.45. The van der Waals surface area contributed by atoms with E-state index in [0.717, 1.165) is 12.3 Å². The summed E-state index contributed by atoms with van der Waals surface area (Å²) in [5.74, 6) is 1.16. The van der Waals surface area contributed by atoms with Gasteiger partial charge in [0.05, 0.1) is 11.7 Å². The van der Waals surface area contributed by atoms with Crippen LogP contribution in [0.25, 0.3) is 0 Å². The van der Waals surface area contributed by atoms with Gasteiger partial charge in [-0.25, -0.2) is 0 Å². The van der Waals surface area contributed by atoms with E-state index in [1.807, 2.05) is 11.8 Å². The molecule has 0 saturated heterocycles. The van der Waals surface area contributed by atoms with E-state index < -0.39 is 0 Å². The lowest BCUT2D eigenvalue weighted by atomic mass is 10.3. The maximum Gasteiger partial charge on any atom is 0.0762 e. The van der Waals surface area contributed by atoms with Crippen molar-refractivity contribution in [3.63, 3.8) is 0 Å². The van der Waals surface area contributed by atoms with Gasteiger partial charge in [0, 0.05) is 24.5 Å². The summed E-state index contributed by atoms with van der Waals surface area (Å²) in [6, 6.07) is 3.37. The smallest absolute Gasteiger partial charge is 0.0762 e. The van der Waals surface area contributed by atoms with Gasteiger partial charge in [0.15, 0.2) is 0 Å². The second-order valence-electron chi connectivity index (χ2n) is 4.96. The van der Waals surface area contributed by atoms with Gasteiger partial charge in [-0.3, -0.25) is 4.68 Å². The molecular formula is C13H23N3S. The maximum atomic E-state index is 4.67. The van der Waals surface area contributed by atoms with Crippen molar-refractivity contribution in [3.8, 4) is 0 Å². The molecule has 2 rings (SSSR count). The van der Waals surface area contributed by atoms with E-state index in [1.165, 1.54) is 31.4 Å². The largest absolute Gasteiger partial charge is 0.308 e. The minimum absolute atomic E-state index is 0.557. The molecule has 0 aliphatic heterocycles. The van der Waals surface area contributed by atoms with Crippen molar-refractivity contribution >= 4 is 11.8 Å². The number of aromatic nitrogens is 2. The van der Waals surface area contributed by atoms with Gasteiger partial charge in [-0.2, -0.15) is 16.9 Å². The number of rotatable bonds is 6. The molecule has 0 amide bonds. The van der Waals surface area contributed by atoms with E-state index in [2.05, 4.69) is 40.5 Å². The number of thioether (sulfide) groups is 1. The highest BCUT2D eigenvalue weighted by molar-refractivity contribution is 7.98. The number of hydrogen-bond acceptors (Lipinski definition) is 3. The van der Waals surface area contributed by atoms with E-state index in [1.54, 1.807) is 0 Å². The van der Waals surface area contributed by atoms with Gasteiger partial charge >= 0.3 is 0 Å². The van der Waals surface area contributed by atoms with E-state index in [-0.39, 0.29) is 0 Å².